The molecule has 38 heavy (non-hydrogen) atoms. The Balaban J connectivity index is 1.54. The summed E-state index contributed by atoms with van der Waals surface area (Å²) < 4.78 is 21.0. The molecule has 0 aliphatic heterocycles. The monoisotopic (exact) mass is 551 g/mol. The highest BCUT2D eigenvalue weighted by Gasteiger charge is 2.33. The van der Waals surface area contributed by atoms with Crippen LogP contribution in [-0.2, 0) is 6.54 Å². The lowest BCUT2D eigenvalue weighted by Crippen LogP contribution is -2.44. The van der Waals surface area contributed by atoms with Crippen molar-refractivity contribution in [2.75, 3.05) is 21.2 Å². The zero-order valence-corrected chi connectivity index (χ0v) is 23.4. The molecule has 0 unspecified atom stereocenters. The molecule has 0 bridgehead atoms. The van der Waals surface area contributed by atoms with Crippen LogP contribution in [0.5, 0.6) is 5.75 Å². The number of carbonyl (C=O) groups is 1. The van der Waals surface area contributed by atoms with Gasteiger partial charge >= 0.3 is 0 Å². The highest BCUT2D eigenvalue weighted by Crippen LogP contribution is 2.39. The number of carbonyl (C=O) groups excluding carboxylic acids is 1. The number of hydrogen-bond donors (Lipinski definition) is 0. The first-order valence-corrected chi connectivity index (χ1v) is 14.0. The van der Waals surface area contributed by atoms with Crippen LogP contribution in [-0.4, -0.2) is 54.0 Å². The van der Waals surface area contributed by atoms with Crippen molar-refractivity contribution in [3.63, 3.8) is 0 Å². The average Bonchev–Trinajstić information content (AvgIpc) is 3.29. The Hall–Kier alpha value is -3.00. The molecule has 4 aromatic rings. The van der Waals surface area contributed by atoms with E-state index in [1.807, 2.05) is 35.4 Å². The summed E-state index contributed by atoms with van der Waals surface area (Å²) in [6, 6.07) is 15.3. The van der Waals surface area contributed by atoms with Crippen molar-refractivity contribution in [1.29, 1.82) is 0 Å². The quantitative estimate of drug-likeness (QED) is 0.242. The van der Waals surface area contributed by atoms with Crippen LogP contribution in [0.1, 0.15) is 40.9 Å². The fourth-order valence-electron chi connectivity index (χ4n) is 5.39. The van der Waals surface area contributed by atoms with Gasteiger partial charge in [-0.2, -0.15) is 0 Å². The Kier molecular flexibility index (Phi) is 7.98. The average molecular weight is 552 g/mol. The van der Waals surface area contributed by atoms with Gasteiger partial charge in [0.1, 0.15) is 16.4 Å². The van der Waals surface area contributed by atoms with Crippen molar-refractivity contribution in [2.45, 2.75) is 44.3 Å². The molecule has 2 aromatic heterocycles. The number of fused-ring (bicyclic) bond motifs is 1. The van der Waals surface area contributed by atoms with Crippen LogP contribution >= 0.6 is 22.9 Å². The summed E-state index contributed by atoms with van der Waals surface area (Å²) in [5, 5.41) is 0.506. The van der Waals surface area contributed by atoms with Crippen LogP contribution in [0.4, 0.5) is 4.39 Å². The Labute approximate surface area is 231 Å². The second-order valence-corrected chi connectivity index (χ2v) is 11.4. The van der Waals surface area contributed by atoms with Gasteiger partial charge in [-0.3, -0.25) is 9.78 Å². The number of ether oxygens (including phenoxy) is 1. The van der Waals surface area contributed by atoms with E-state index >= 15 is 0 Å². The molecule has 198 valence electrons. The van der Waals surface area contributed by atoms with Crippen molar-refractivity contribution in [3.8, 4) is 16.9 Å². The molecule has 0 spiro atoms. The van der Waals surface area contributed by atoms with E-state index < -0.39 is 5.82 Å². The molecule has 2 aromatic carbocycles. The molecule has 0 saturated heterocycles. The zero-order valence-electron chi connectivity index (χ0n) is 21.8. The van der Waals surface area contributed by atoms with Crippen LogP contribution in [0.2, 0.25) is 5.02 Å². The van der Waals surface area contributed by atoms with Gasteiger partial charge in [-0.25, -0.2) is 4.39 Å². The van der Waals surface area contributed by atoms with Crippen molar-refractivity contribution < 1.29 is 13.9 Å². The summed E-state index contributed by atoms with van der Waals surface area (Å²) >= 11 is 7.91. The Morgan fingerprint density at radius 3 is 2.50 bits per heavy atom. The summed E-state index contributed by atoms with van der Waals surface area (Å²) in [6.45, 7) is 0.362. The first-order chi connectivity index (χ1) is 18.4. The first-order valence-electron chi connectivity index (χ1n) is 12.8. The molecule has 5 rings (SSSR count). The smallest absolute Gasteiger partial charge is 0.266 e. The molecule has 0 N–H and O–H groups in total. The Morgan fingerprint density at radius 1 is 1.08 bits per heavy atom. The van der Waals surface area contributed by atoms with Gasteiger partial charge < -0.3 is 14.5 Å². The molecule has 1 fully saturated rings. The van der Waals surface area contributed by atoms with Gasteiger partial charge in [0.25, 0.3) is 5.91 Å². The van der Waals surface area contributed by atoms with Crippen LogP contribution in [0.25, 0.3) is 21.2 Å². The van der Waals surface area contributed by atoms with E-state index in [4.69, 9.17) is 16.3 Å². The van der Waals surface area contributed by atoms with E-state index in [0.717, 1.165) is 42.4 Å². The number of thiophene rings is 1. The van der Waals surface area contributed by atoms with Crippen molar-refractivity contribution >= 4 is 38.9 Å². The molecule has 1 aliphatic carbocycles. The van der Waals surface area contributed by atoms with Crippen LogP contribution in [0.15, 0.2) is 60.9 Å². The summed E-state index contributed by atoms with van der Waals surface area (Å²) in [5.41, 5.74) is 2.89. The Bertz CT molecular complexity index is 1430. The lowest BCUT2D eigenvalue weighted by atomic mass is 9.89. The zero-order chi connectivity index (χ0) is 26.8. The van der Waals surface area contributed by atoms with E-state index in [2.05, 4.69) is 30.0 Å². The largest absolute Gasteiger partial charge is 0.496 e. The standard InChI is InChI=1S/C30H31ClFN3O2S/c1-34(2)22-10-12-23(13-11-22)35(30(36)29-28(31)27-24(32)7-4-8-26(27)38-29)18-21-16-19(9-14-25(21)37-3)20-6-5-15-33-17-20/h4-9,14-17,22-23H,10-13,18H2,1-3H3. The first kappa shape index (κ1) is 26.6. The van der Waals surface area contributed by atoms with Gasteiger partial charge in [0.2, 0.25) is 0 Å². The maximum absolute atomic E-state index is 14.6. The highest BCUT2D eigenvalue weighted by molar-refractivity contribution is 7.21. The predicted octanol–water partition coefficient (Wildman–Crippen LogP) is 7.28. The maximum Gasteiger partial charge on any atom is 0.266 e. The second-order valence-electron chi connectivity index (χ2n) is 9.99. The fraction of sp³-hybridized carbons (Fsp3) is 0.333. The lowest BCUT2D eigenvalue weighted by Gasteiger charge is -2.39. The number of rotatable bonds is 7. The summed E-state index contributed by atoms with van der Waals surface area (Å²) in [4.78, 5) is 23.0. The van der Waals surface area contributed by atoms with Crippen LogP contribution in [0, 0.1) is 5.82 Å². The normalized spacial score (nSPS) is 17.6. The molecule has 0 radical (unpaired) electrons. The number of benzene rings is 2. The van der Waals surface area contributed by atoms with E-state index in [1.54, 1.807) is 25.4 Å². The van der Waals surface area contributed by atoms with Crippen molar-refractivity contribution in [2.24, 2.45) is 0 Å². The molecule has 1 saturated carbocycles. The van der Waals surface area contributed by atoms with Gasteiger partial charge in [0.05, 0.1) is 12.1 Å². The minimum absolute atomic E-state index is 0.0385. The number of nitrogens with zero attached hydrogens (tertiary/aromatic N) is 3. The van der Waals surface area contributed by atoms with E-state index in [-0.39, 0.29) is 17.0 Å². The second kappa shape index (κ2) is 11.4. The van der Waals surface area contributed by atoms with Crippen LogP contribution < -0.4 is 4.74 Å². The predicted molar refractivity (Wildman–Crippen MR) is 153 cm³/mol. The number of pyridine rings is 1. The molecule has 1 amide bonds. The number of methoxy groups -OCH3 is 1. The number of aromatic nitrogens is 1. The molecule has 5 nitrogen and oxygen atoms in total. The minimum atomic E-state index is -0.410. The van der Waals surface area contributed by atoms with Gasteiger partial charge in [-0.1, -0.05) is 29.8 Å². The lowest BCUT2D eigenvalue weighted by molar-refractivity contribution is 0.0573. The SMILES string of the molecule is COc1ccc(-c2cccnc2)cc1CN(C(=O)c1sc2cccc(F)c2c1Cl)C1CCC(N(C)C)CC1. The molecule has 0 atom stereocenters. The third-order valence-corrected chi connectivity index (χ3v) is 9.15. The summed E-state index contributed by atoms with van der Waals surface area (Å²) in [6.07, 6.45) is 7.34. The third kappa shape index (κ3) is 5.28. The number of amides is 1. The fourth-order valence-corrected chi connectivity index (χ4v) is 6.90. The number of halogens is 2. The maximum atomic E-state index is 14.6. The van der Waals surface area contributed by atoms with E-state index in [0.29, 0.717) is 33.3 Å². The molecule has 8 heteroatoms. The minimum Gasteiger partial charge on any atom is -0.496 e. The summed E-state index contributed by atoms with van der Waals surface area (Å²) in [5.74, 6) is 0.135. The van der Waals surface area contributed by atoms with Gasteiger partial charge in [0.15, 0.2) is 0 Å². The topological polar surface area (TPSA) is 45.7 Å². The summed E-state index contributed by atoms with van der Waals surface area (Å²) in [7, 11) is 5.85. The van der Waals surface area contributed by atoms with Crippen molar-refractivity contribution in [3.05, 3.63) is 82.2 Å². The van der Waals surface area contributed by atoms with Crippen LogP contribution in [0.3, 0.4) is 0 Å². The van der Waals surface area contributed by atoms with Gasteiger partial charge in [-0.05, 0) is 75.7 Å². The highest BCUT2D eigenvalue weighted by atomic mass is 35.5. The van der Waals surface area contributed by atoms with Gasteiger partial charge in [0, 0.05) is 52.2 Å². The van der Waals surface area contributed by atoms with Crippen molar-refractivity contribution in [1.82, 2.24) is 14.8 Å². The molecule has 2 heterocycles. The molecular formula is C30H31ClFN3O2S. The Morgan fingerprint density at radius 2 is 1.84 bits per heavy atom. The van der Waals surface area contributed by atoms with E-state index in [1.165, 1.54) is 17.4 Å². The van der Waals surface area contributed by atoms with Gasteiger partial charge in [-0.15, -0.1) is 11.3 Å². The number of hydrogen-bond acceptors (Lipinski definition) is 5. The molecular weight excluding hydrogens is 521 g/mol. The third-order valence-electron chi connectivity index (χ3n) is 7.51. The molecule has 1 aliphatic rings. The van der Waals surface area contributed by atoms with E-state index in [9.17, 15) is 9.18 Å².